The van der Waals surface area contributed by atoms with Gasteiger partial charge in [-0.25, -0.2) is 0 Å². The molecular formula is C13H20O. The summed E-state index contributed by atoms with van der Waals surface area (Å²) in [4.78, 5) is 0. The summed E-state index contributed by atoms with van der Waals surface area (Å²) in [6.45, 7) is 2.28. The summed E-state index contributed by atoms with van der Waals surface area (Å²) in [5, 5.41) is 8.42. The monoisotopic (exact) mass is 192 g/mol. The lowest BCUT2D eigenvalue weighted by molar-refractivity contribution is 0.343. The van der Waals surface area contributed by atoms with E-state index in [1.54, 1.807) is 12.2 Å². The maximum absolute atomic E-state index is 8.42. The first-order valence-electron chi connectivity index (χ1n) is 5.31. The third-order valence-electron chi connectivity index (χ3n) is 1.77. The van der Waals surface area contributed by atoms with E-state index < -0.39 is 0 Å². The minimum absolute atomic E-state index is 0.0710. The Morgan fingerprint density at radius 2 is 2.00 bits per heavy atom. The molecule has 0 unspecified atom stereocenters. The van der Waals surface area contributed by atoms with Gasteiger partial charge in [-0.15, -0.1) is 0 Å². The fourth-order valence-corrected chi connectivity index (χ4v) is 1.00. The van der Waals surface area contributed by atoms with Gasteiger partial charge in [0.15, 0.2) is 0 Å². The molecule has 0 heterocycles. The number of hydrogen-bond donors (Lipinski definition) is 1. The molecule has 0 fully saturated rings. The van der Waals surface area contributed by atoms with E-state index in [4.69, 9.17) is 5.11 Å². The molecule has 0 rings (SSSR count). The Labute approximate surface area is 87.5 Å². The van der Waals surface area contributed by atoms with Crippen LogP contribution in [0.2, 0.25) is 0 Å². The van der Waals surface area contributed by atoms with Crippen LogP contribution in [0.5, 0.6) is 0 Å². The first kappa shape index (κ1) is 13.0. The largest absolute Gasteiger partial charge is 0.392 e. The van der Waals surface area contributed by atoms with Gasteiger partial charge in [-0.1, -0.05) is 49.8 Å². The zero-order valence-corrected chi connectivity index (χ0v) is 9.00. The summed E-state index contributed by atoms with van der Waals surface area (Å²) in [5.41, 5.74) is 0. The van der Waals surface area contributed by atoms with Gasteiger partial charge in [0.2, 0.25) is 0 Å². The quantitative estimate of drug-likeness (QED) is 0.389. The van der Waals surface area contributed by atoms with E-state index in [9.17, 15) is 0 Å². The SMILES string of the molecule is CCCCCC=CCC#CC=CCO. The summed E-state index contributed by atoms with van der Waals surface area (Å²) in [5.74, 6) is 5.82. The Bertz CT molecular complexity index is 215. The van der Waals surface area contributed by atoms with E-state index >= 15 is 0 Å². The topological polar surface area (TPSA) is 20.2 Å². The van der Waals surface area contributed by atoms with Gasteiger partial charge < -0.3 is 5.11 Å². The fourth-order valence-electron chi connectivity index (χ4n) is 1.00. The molecule has 0 aliphatic rings. The molecule has 0 aliphatic heterocycles. The van der Waals surface area contributed by atoms with Crippen LogP contribution in [0.25, 0.3) is 0 Å². The van der Waals surface area contributed by atoms with Crippen LogP contribution in [0, 0.1) is 11.8 Å². The number of rotatable bonds is 6. The number of hydrogen-bond acceptors (Lipinski definition) is 1. The van der Waals surface area contributed by atoms with Crippen LogP contribution < -0.4 is 0 Å². The van der Waals surface area contributed by atoms with Gasteiger partial charge in [0.1, 0.15) is 0 Å². The highest BCUT2D eigenvalue weighted by atomic mass is 16.2. The number of unbranched alkanes of at least 4 members (excludes halogenated alkanes) is 3. The summed E-state index contributed by atoms with van der Waals surface area (Å²) in [6.07, 6.45) is 13.5. The molecule has 0 saturated heterocycles. The number of allylic oxidation sites excluding steroid dienone is 3. The fraction of sp³-hybridized carbons (Fsp3) is 0.538. The number of aliphatic hydroxyl groups excluding tert-OH is 1. The maximum atomic E-state index is 8.42. The first-order valence-corrected chi connectivity index (χ1v) is 5.31. The Morgan fingerprint density at radius 3 is 2.71 bits per heavy atom. The molecule has 0 aromatic rings. The van der Waals surface area contributed by atoms with Crippen molar-refractivity contribution in [2.75, 3.05) is 6.61 Å². The van der Waals surface area contributed by atoms with Crippen molar-refractivity contribution in [1.82, 2.24) is 0 Å². The molecule has 0 radical (unpaired) electrons. The molecule has 1 heteroatoms. The number of aliphatic hydroxyl groups is 1. The van der Waals surface area contributed by atoms with Gasteiger partial charge in [-0.2, -0.15) is 0 Å². The van der Waals surface area contributed by atoms with Gasteiger partial charge in [-0.05, 0) is 18.9 Å². The third-order valence-corrected chi connectivity index (χ3v) is 1.77. The van der Waals surface area contributed by atoms with Crippen molar-refractivity contribution >= 4 is 0 Å². The average Bonchev–Trinajstić information content (AvgIpc) is 2.21. The molecule has 0 atom stereocenters. The predicted molar refractivity (Wildman–Crippen MR) is 61.9 cm³/mol. The summed E-state index contributed by atoms with van der Waals surface area (Å²) >= 11 is 0. The van der Waals surface area contributed by atoms with Gasteiger partial charge >= 0.3 is 0 Å². The van der Waals surface area contributed by atoms with Gasteiger partial charge in [0.25, 0.3) is 0 Å². The van der Waals surface area contributed by atoms with E-state index in [0.29, 0.717) is 0 Å². The second kappa shape index (κ2) is 12.0. The normalized spacial score (nSPS) is 10.7. The van der Waals surface area contributed by atoms with E-state index in [0.717, 1.165) is 6.42 Å². The molecule has 0 spiro atoms. The second-order valence-corrected chi connectivity index (χ2v) is 3.08. The van der Waals surface area contributed by atoms with Crippen LogP contribution in [-0.4, -0.2) is 11.7 Å². The van der Waals surface area contributed by atoms with Crippen molar-refractivity contribution in [1.29, 1.82) is 0 Å². The standard InChI is InChI=1S/C13H20O/c1-2-3-4-5-6-7-8-9-10-11-12-13-14/h6-7,11-12,14H,2-5,8,13H2,1H3. The minimum Gasteiger partial charge on any atom is -0.392 e. The Hall–Kier alpha value is -1.00. The second-order valence-electron chi connectivity index (χ2n) is 3.08. The molecule has 14 heavy (non-hydrogen) atoms. The predicted octanol–water partition coefficient (Wildman–Crippen LogP) is 3.06. The zero-order chi connectivity index (χ0) is 10.5. The van der Waals surface area contributed by atoms with Gasteiger partial charge in [-0.3, -0.25) is 0 Å². The highest BCUT2D eigenvalue weighted by molar-refractivity contribution is 5.16. The molecular weight excluding hydrogens is 172 g/mol. The molecule has 0 aromatic carbocycles. The molecule has 0 aromatic heterocycles. The van der Waals surface area contributed by atoms with E-state index in [1.165, 1.54) is 25.7 Å². The smallest absolute Gasteiger partial charge is 0.0621 e. The van der Waals surface area contributed by atoms with Crippen LogP contribution >= 0.6 is 0 Å². The summed E-state index contributed by atoms with van der Waals surface area (Å²) in [7, 11) is 0. The van der Waals surface area contributed by atoms with Crippen LogP contribution in [-0.2, 0) is 0 Å². The Morgan fingerprint density at radius 1 is 1.14 bits per heavy atom. The van der Waals surface area contributed by atoms with Gasteiger partial charge in [0.05, 0.1) is 6.61 Å². The van der Waals surface area contributed by atoms with Crippen molar-refractivity contribution in [2.45, 2.75) is 39.0 Å². The van der Waals surface area contributed by atoms with E-state index in [-0.39, 0.29) is 6.61 Å². The van der Waals surface area contributed by atoms with Crippen molar-refractivity contribution in [3.05, 3.63) is 24.3 Å². The molecule has 0 saturated carbocycles. The van der Waals surface area contributed by atoms with Gasteiger partial charge in [0, 0.05) is 6.42 Å². The lowest BCUT2D eigenvalue weighted by Gasteiger charge is -1.89. The average molecular weight is 192 g/mol. The molecule has 1 nitrogen and oxygen atoms in total. The highest BCUT2D eigenvalue weighted by Crippen LogP contribution is 1.99. The maximum Gasteiger partial charge on any atom is 0.0621 e. The lowest BCUT2D eigenvalue weighted by Crippen LogP contribution is -1.70. The lowest BCUT2D eigenvalue weighted by atomic mass is 10.2. The molecule has 78 valence electrons. The van der Waals surface area contributed by atoms with Crippen LogP contribution in [0.4, 0.5) is 0 Å². The van der Waals surface area contributed by atoms with Crippen molar-refractivity contribution in [2.24, 2.45) is 0 Å². The molecule has 0 amide bonds. The van der Waals surface area contributed by atoms with Crippen molar-refractivity contribution < 1.29 is 5.11 Å². The molecule has 0 aliphatic carbocycles. The zero-order valence-electron chi connectivity index (χ0n) is 9.00. The first-order chi connectivity index (χ1) is 6.91. The summed E-state index contributed by atoms with van der Waals surface area (Å²) < 4.78 is 0. The highest BCUT2D eigenvalue weighted by Gasteiger charge is 1.80. The Kier molecular flexibility index (Phi) is 11.1. The van der Waals surface area contributed by atoms with Crippen LogP contribution in [0.15, 0.2) is 24.3 Å². The van der Waals surface area contributed by atoms with E-state index in [1.807, 2.05) is 0 Å². The third kappa shape index (κ3) is 11.0. The minimum atomic E-state index is 0.0710. The van der Waals surface area contributed by atoms with Crippen molar-refractivity contribution in [3.8, 4) is 11.8 Å². The van der Waals surface area contributed by atoms with Crippen LogP contribution in [0.1, 0.15) is 39.0 Å². The van der Waals surface area contributed by atoms with Crippen molar-refractivity contribution in [3.63, 3.8) is 0 Å². The Balaban J connectivity index is 3.32. The summed E-state index contributed by atoms with van der Waals surface area (Å²) in [6, 6.07) is 0. The molecule has 1 N–H and O–H groups in total. The van der Waals surface area contributed by atoms with E-state index in [2.05, 4.69) is 30.9 Å². The van der Waals surface area contributed by atoms with Crippen LogP contribution in [0.3, 0.4) is 0 Å². The molecule has 0 bridgehead atoms.